The summed E-state index contributed by atoms with van der Waals surface area (Å²) < 4.78 is 5.62. The zero-order valence-corrected chi connectivity index (χ0v) is 15.7. The minimum atomic E-state index is -0.244. The van der Waals surface area contributed by atoms with Gasteiger partial charge in [0.15, 0.2) is 0 Å². The number of rotatable bonds is 7. The van der Waals surface area contributed by atoms with Gasteiger partial charge in [0, 0.05) is 23.5 Å². The van der Waals surface area contributed by atoms with Crippen LogP contribution in [0.4, 0.5) is 11.4 Å². The highest BCUT2D eigenvalue weighted by atomic mass is 35.5. The second-order valence-electron chi connectivity index (χ2n) is 5.79. The smallest absolute Gasteiger partial charge is 0.270 e. The lowest BCUT2D eigenvalue weighted by Crippen LogP contribution is -2.23. The molecule has 0 aliphatic carbocycles. The lowest BCUT2D eigenvalue weighted by atomic mass is 10.2. The maximum atomic E-state index is 12.4. The Kier molecular flexibility index (Phi) is 6.28. The first-order chi connectivity index (χ1) is 13.2. The minimum Gasteiger partial charge on any atom is -0.492 e. The summed E-state index contributed by atoms with van der Waals surface area (Å²) in [7, 11) is 0. The third kappa shape index (κ3) is 5.21. The Morgan fingerprint density at radius 1 is 1.11 bits per heavy atom. The highest BCUT2D eigenvalue weighted by Gasteiger charge is 2.09. The maximum absolute atomic E-state index is 12.4. The summed E-state index contributed by atoms with van der Waals surface area (Å²) in [5, 5.41) is 6.80. The molecule has 0 fully saturated rings. The van der Waals surface area contributed by atoms with E-state index in [0.29, 0.717) is 23.9 Å². The van der Waals surface area contributed by atoms with Crippen molar-refractivity contribution in [2.75, 3.05) is 11.9 Å². The summed E-state index contributed by atoms with van der Waals surface area (Å²) in [6, 6.07) is 18.5. The lowest BCUT2D eigenvalue weighted by Gasteiger charge is -2.12. The van der Waals surface area contributed by atoms with Crippen LogP contribution in [0.1, 0.15) is 23.0 Å². The van der Waals surface area contributed by atoms with Crippen molar-refractivity contribution in [1.82, 2.24) is 10.3 Å². The third-order valence-electron chi connectivity index (χ3n) is 3.82. The van der Waals surface area contributed by atoms with Crippen LogP contribution in [-0.4, -0.2) is 17.5 Å². The number of nitrogens with one attached hydrogen (secondary N) is 2. The van der Waals surface area contributed by atoms with Crippen molar-refractivity contribution in [1.29, 1.82) is 0 Å². The van der Waals surface area contributed by atoms with Crippen LogP contribution < -0.4 is 15.4 Å². The summed E-state index contributed by atoms with van der Waals surface area (Å²) in [6.45, 7) is 2.92. The van der Waals surface area contributed by atoms with E-state index in [0.717, 1.165) is 22.7 Å². The molecule has 1 amide bonds. The fourth-order valence-electron chi connectivity index (χ4n) is 2.51. The average Bonchev–Trinajstić information content (AvgIpc) is 2.69. The van der Waals surface area contributed by atoms with E-state index in [2.05, 4.69) is 15.6 Å². The van der Waals surface area contributed by atoms with E-state index in [1.807, 2.05) is 43.3 Å². The normalized spacial score (nSPS) is 10.3. The van der Waals surface area contributed by atoms with Crippen molar-refractivity contribution in [3.8, 4) is 5.75 Å². The molecule has 1 heterocycles. The predicted molar refractivity (Wildman–Crippen MR) is 108 cm³/mol. The molecule has 0 saturated heterocycles. The van der Waals surface area contributed by atoms with E-state index < -0.39 is 0 Å². The molecule has 1 aromatic heterocycles. The van der Waals surface area contributed by atoms with Crippen molar-refractivity contribution < 1.29 is 9.53 Å². The van der Waals surface area contributed by atoms with Crippen LogP contribution in [0.15, 0.2) is 66.9 Å². The first-order valence-corrected chi connectivity index (χ1v) is 9.01. The summed E-state index contributed by atoms with van der Waals surface area (Å²) in [6.07, 6.45) is 1.60. The third-order valence-corrected chi connectivity index (χ3v) is 4.08. The summed E-state index contributed by atoms with van der Waals surface area (Å²) in [4.78, 5) is 16.6. The number of aromatic nitrogens is 1. The molecule has 138 valence electrons. The van der Waals surface area contributed by atoms with Crippen molar-refractivity contribution in [2.24, 2.45) is 0 Å². The summed E-state index contributed by atoms with van der Waals surface area (Å²) >= 11 is 5.87. The number of hydrogen-bond acceptors (Lipinski definition) is 4. The van der Waals surface area contributed by atoms with Crippen molar-refractivity contribution in [3.05, 3.63) is 83.1 Å². The molecule has 3 rings (SSSR count). The number of halogens is 1. The number of nitrogens with zero attached hydrogens (tertiary/aromatic N) is 1. The molecule has 0 aliphatic heterocycles. The van der Waals surface area contributed by atoms with Gasteiger partial charge in [0.25, 0.3) is 5.91 Å². The Hall–Kier alpha value is -3.05. The van der Waals surface area contributed by atoms with Crippen molar-refractivity contribution >= 4 is 28.9 Å². The molecule has 0 atom stereocenters. The molecule has 0 aliphatic rings. The standard InChI is InChI=1S/C21H20ClN3O2/c1-2-27-20-6-4-3-5-18(20)25-17-11-12-23-19(13-17)21(26)24-14-15-7-9-16(22)10-8-15/h3-13H,2,14H2,1H3,(H,23,25)(H,24,26). The van der Waals surface area contributed by atoms with Gasteiger partial charge in [0.1, 0.15) is 11.4 Å². The highest BCUT2D eigenvalue weighted by molar-refractivity contribution is 6.30. The number of benzene rings is 2. The van der Waals surface area contributed by atoms with Crippen molar-refractivity contribution in [2.45, 2.75) is 13.5 Å². The van der Waals surface area contributed by atoms with Crippen LogP contribution in [0, 0.1) is 0 Å². The van der Waals surface area contributed by atoms with Gasteiger partial charge in [-0.3, -0.25) is 9.78 Å². The predicted octanol–water partition coefficient (Wildman–Crippen LogP) is 4.81. The van der Waals surface area contributed by atoms with E-state index in [1.165, 1.54) is 0 Å². The molecular weight excluding hydrogens is 362 g/mol. The van der Waals surface area contributed by atoms with E-state index >= 15 is 0 Å². The second kappa shape index (κ2) is 9.05. The fourth-order valence-corrected chi connectivity index (χ4v) is 2.64. The number of ether oxygens (including phenoxy) is 1. The average molecular weight is 382 g/mol. The van der Waals surface area contributed by atoms with Gasteiger partial charge in [-0.2, -0.15) is 0 Å². The molecule has 3 aromatic rings. The van der Waals surface area contributed by atoms with Gasteiger partial charge in [0.2, 0.25) is 0 Å². The molecular formula is C21H20ClN3O2. The van der Waals surface area contributed by atoms with Gasteiger partial charge < -0.3 is 15.4 Å². The van der Waals surface area contributed by atoms with Crippen molar-refractivity contribution in [3.63, 3.8) is 0 Å². The van der Waals surface area contributed by atoms with Crippen LogP contribution in [0.25, 0.3) is 0 Å². The molecule has 5 nitrogen and oxygen atoms in total. The zero-order valence-electron chi connectivity index (χ0n) is 14.9. The van der Waals surface area contributed by atoms with Crippen LogP contribution in [0.2, 0.25) is 5.02 Å². The number of amides is 1. The minimum absolute atomic E-state index is 0.244. The molecule has 0 saturated carbocycles. The molecule has 0 unspecified atom stereocenters. The van der Waals surface area contributed by atoms with E-state index in [-0.39, 0.29) is 5.91 Å². The van der Waals surface area contributed by atoms with Gasteiger partial charge >= 0.3 is 0 Å². The first-order valence-electron chi connectivity index (χ1n) is 8.63. The zero-order chi connectivity index (χ0) is 19.1. The number of carbonyl (C=O) groups excluding carboxylic acids is 1. The van der Waals surface area contributed by atoms with Gasteiger partial charge in [0.05, 0.1) is 12.3 Å². The van der Waals surface area contributed by atoms with Crippen LogP contribution in [0.5, 0.6) is 5.75 Å². The summed E-state index contributed by atoms with van der Waals surface area (Å²) in [5.74, 6) is 0.511. The second-order valence-corrected chi connectivity index (χ2v) is 6.23. The number of para-hydroxylation sites is 2. The van der Waals surface area contributed by atoms with Gasteiger partial charge in [-0.15, -0.1) is 0 Å². The summed E-state index contributed by atoms with van der Waals surface area (Å²) in [5.41, 5.74) is 2.89. The molecule has 0 radical (unpaired) electrons. The Labute approximate surface area is 163 Å². The van der Waals surface area contributed by atoms with E-state index in [9.17, 15) is 4.79 Å². The first kappa shape index (κ1) is 18.7. The molecule has 2 N–H and O–H groups in total. The highest BCUT2D eigenvalue weighted by Crippen LogP contribution is 2.27. The largest absolute Gasteiger partial charge is 0.492 e. The monoisotopic (exact) mass is 381 g/mol. The molecule has 2 aromatic carbocycles. The van der Waals surface area contributed by atoms with Gasteiger partial charge in [-0.25, -0.2) is 0 Å². The number of anilines is 2. The molecule has 27 heavy (non-hydrogen) atoms. The van der Waals surface area contributed by atoms with Crippen LogP contribution in [-0.2, 0) is 6.54 Å². The Balaban J connectivity index is 1.68. The number of hydrogen-bond donors (Lipinski definition) is 2. The van der Waals surface area contributed by atoms with Crippen LogP contribution >= 0.6 is 11.6 Å². The van der Waals surface area contributed by atoms with E-state index in [4.69, 9.17) is 16.3 Å². The van der Waals surface area contributed by atoms with Gasteiger partial charge in [-0.05, 0) is 48.9 Å². The quantitative estimate of drug-likeness (QED) is 0.616. The molecule has 6 heteroatoms. The number of carbonyl (C=O) groups is 1. The van der Waals surface area contributed by atoms with Gasteiger partial charge in [-0.1, -0.05) is 35.9 Å². The molecule has 0 spiro atoms. The van der Waals surface area contributed by atoms with E-state index in [1.54, 1.807) is 30.5 Å². The maximum Gasteiger partial charge on any atom is 0.270 e. The number of pyridine rings is 1. The SMILES string of the molecule is CCOc1ccccc1Nc1ccnc(C(=O)NCc2ccc(Cl)cc2)c1. The lowest BCUT2D eigenvalue weighted by molar-refractivity contribution is 0.0946. The van der Waals surface area contributed by atoms with Crippen LogP contribution in [0.3, 0.4) is 0 Å². The topological polar surface area (TPSA) is 63.2 Å². The molecule has 0 bridgehead atoms. The fraction of sp³-hybridized carbons (Fsp3) is 0.143. The Bertz CT molecular complexity index is 913. The Morgan fingerprint density at radius 2 is 1.89 bits per heavy atom. The Morgan fingerprint density at radius 3 is 2.67 bits per heavy atom.